The van der Waals surface area contributed by atoms with Crippen LogP contribution in [-0.4, -0.2) is 45.6 Å². The summed E-state index contributed by atoms with van der Waals surface area (Å²) >= 11 is 0. The van der Waals surface area contributed by atoms with Crippen LogP contribution in [0.25, 0.3) is 0 Å². The van der Waals surface area contributed by atoms with Crippen molar-refractivity contribution in [2.45, 2.75) is 51.5 Å². The first-order valence-corrected chi connectivity index (χ1v) is 9.86. The smallest absolute Gasteiger partial charge is 0.240 e. The molecule has 5 nitrogen and oxygen atoms in total. The maximum atomic E-state index is 12.2. The molecule has 0 saturated carbocycles. The summed E-state index contributed by atoms with van der Waals surface area (Å²) in [5.41, 5.74) is 0. The van der Waals surface area contributed by atoms with Crippen LogP contribution in [0.15, 0.2) is 29.2 Å². The van der Waals surface area contributed by atoms with E-state index in [4.69, 9.17) is 4.74 Å². The zero-order valence-corrected chi connectivity index (χ0v) is 15.5. The summed E-state index contributed by atoms with van der Waals surface area (Å²) in [6, 6.07) is 6.54. The zero-order chi connectivity index (χ0) is 17.3. The zero-order valence-electron chi connectivity index (χ0n) is 14.7. The van der Waals surface area contributed by atoms with Crippen LogP contribution in [0.2, 0.25) is 0 Å². The minimum absolute atomic E-state index is 0.0707. The Hall–Kier alpha value is -1.11. The first-order valence-electron chi connectivity index (χ1n) is 8.37. The Morgan fingerprint density at radius 1 is 1.09 bits per heavy atom. The fourth-order valence-electron chi connectivity index (χ4n) is 2.26. The molecule has 132 valence electrons. The Kier molecular flexibility index (Phi) is 8.58. The van der Waals surface area contributed by atoms with Crippen LogP contribution in [0, 0.1) is 0 Å². The number of hydrogen-bond acceptors (Lipinski definition) is 4. The van der Waals surface area contributed by atoms with E-state index < -0.39 is 10.0 Å². The van der Waals surface area contributed by atoms with E-state index in [2.05, 4.69) is 23.5 Å². The highest BCUT2D eigenvalue weighted by Crippen LogP contribution is 2.17. The highest BCUT2D eigenvalue weighted by Gasteiger charge is 2.13. The Morgan fingerprint density at radius 2 is 1.70 bits per heavy atom. The molecular weight excluding hydrogens is 312 g/mol. The fraction of sp³-hybridized carbons (Fsp3) is 0.647. The molecule has 0 aliphatic carbocycles. The van der Waals surface area contributed by atoms with Crippen molar-refractivity contribution in [3.8, 4) is 5.75 Å². The molecule has 0 radical (unpaired) electrons. The van der Waals surface area contributed by atoms with Gasteiger partial charge < -0.3 is 9.64 Å². The van der Waals surface area contributed by atoms with Gasteiger partial charge in [-0.1, -0.05) is 13.8 Å². The van der Waals surface area contributed by atoms with E-state index in [1.807, 2.05) is 13.8 Å². The molecule has 6 heteroatoms. The van der Waals surface area contributed by atoms with Crippen LogP contribution in [0.3, 0.4) is 0 Å². The molecule has 0 heterocycles. The van der Waals surface area contributed by atoms with Crippen molar-refractivity contribution in [3.63, 3.8) is 0 Å². The molecule has 1 rings (SSSR count). The van der Waals surface area contributed by atoms with Gasteiger partial charge in [-0.05, 0) is 70.6 Å². The summed E-state index contributed by atoms with van der Waals surface area (Å²) in [4.78, 5) is 2.61. The predicted molar refractivity (Wildman–Crippen MR) is 94.4 cm³/mol. The molecule has 1 aromatic carbocycles. The number of nitrogens with one attached hydrogen (secondary N) is 1. The minimum Gasteiger partial charge on any atom is -0.491 e. The standard InChI is InChI=1S/C17H30N2O3S/c1-5-19(6-2)14-8-7-13-18-23(20,21)17-11-9-16(10-12-17)22-15(3)4/h9-12,15,18H,5-8,13-14H2,1-4H3. The lowest BCUT2D eigenvalue weighted by molar-refractivity contribution is 0.242. The molecule has 0 saturated heterocycles. The predicted octanol–water partition coefficient (Wildman–Crippen LogP) is 2.87. The van der Waals surface area contributed by atoms with Gasteiger partial charge >= 0.3 is 0 Å². The normalized spacial score (nSPS) is 12.1. The summed E-state index contributed by atoms with van der Waals surface area (Å²) in [6.45, 7) is 11.7. The van der Waals surface area contributed by atoms with Gasteiger partial charge in [0.1, 0.15) is 5.75 Å². The van der Waals surface area contributed by atoms with Crippen LogP contribution in [0.4, 0.5) is 0 Å². The van der Waals surface area contributed by atoms with Crippen molar-refractivity contribution in [1.82, 2.24) is 9.62 Å². The van der Waals surface area contributed by atoms with Crippen LogP contribution in [0.5, 0.6) is 5.75 Å². The molecule has 0 aromatic heterocycles. The molecular formula is C17H30N2O3S. The van der Waals surface area contributed by atoms with E-state index in [0.717, 1.165) is 32.5 Å². The Morgan fingerprint density at radius 3 is 2.22 bits per heavy atom. The molecule has 0 spiro atoms. The lowest BCUT2D eigenvalue weighted by atomic mass is 10.3. The molecule has 1 aromatic rings. The Balaban J connectivity index is 2.43. The van der Waals surface area contributed by atoms with Crippen molar-refractivity contribution in [2.75, 3.05) is 26.2 Å². The maximum absolute atomic E-state index is 12.2. The lowest BCUT2D eigenvalue weighted by Crippen LogP contribution is -2.27. The Labute approximate surface area is 141 Å². The van der Waals surface area contributed by atoms with Gasteiger partial charge in [-0.15, -0.1) is 0 Å². The number of nitrogens with zero attached hydrogens (tertiary/aromatic N) is 1. The van der Waals surface area contributed by atoms with Crippen LogP contribution >= 0.6 is 0 Å². The number of rotatable bonds is 11. The van der Waals surface area contributed by atoms with Crippen molar-refractivity contribution in [3.05, 3.63) is 24.3 Å². The van der Waals surface area contributed by atoms with Gasteiger partial charge in [-0.2, -0.15) is 0 Å². The van der Waals surface area contributed by atoms with Crippen LogP contribution in [-0.2, 0) is 10.0 Å². The average Bonchev–Trinajstić information content (AvgIpc) is 2.51. The largest absolute Gasteiger partial charge is 0.491 e. The first kappa shape index (κ1) is 19.9. The molecule has 1 N–H and O–H groups in total. The molecule has 0 unspecified atom stereocenters. The molecule has 0 aliphatic heterocycles. The van der Waals surface area contributed by atoms with E-state index in [0.29, 0.717) is 12.3 Å². The van der Waals surface area contributed by atoms with E-state index in [1.165, 1.54) is 0 Å². The number of ether oxygens (including phenoxy) is 1. The second kappa shape index (κ2) is 9.90. The summed E-state index contributed by atoms with van der Waals surface area (Å²) in [5, 5.41) is 0. The van der Waals surface area contributed by atoms with Crippen molar-refractivity contribution in [2.24, 2.45) is 0 Å². The summed E-state index contributed by atoms with van der Waals surface area (Å²) in [5.74, 6) is 0.679. The van der Waals surface area contributed by atoms with Gasteiger partial charge in [-0.3, -0.25) is 0 Å². The number of benzene rings is 1. The van der Waals surface area contributed by atoms with E-state index in [9.17, 15) is 8.42 Å². The van der Waals surface area contributed by atoms with Crippen molar-refractivity contribution < 1.29 is 13.2 Å². The summed E-state index contributed by atoms with van der Waals surface area (Å²) in [7, 11) is -3.44. The van der Waals surface area contributed by atoms with Gasteiger partial charge in [0.15, 0.2) is 0 Å². The fourth-order valence-corrected chi connectivity index (χ4v) is 3.33. The molecule has 0 atom stereocenters. The van der Waals surface area contributed by atoms with E-state index in [-0.39, 0.29) is 11.0 Å². The van der Waals surface area contributed by atoms with Gasteiger partial charge in [-0.25, -0.2) is 13.1 Å². The molecule has 23 heavy (non-hydrogen) atoms. The maximum Gasteiger partial charge on any atom is 0.240 e. The number of hydrogen-bond donors (Lipinski definition) is 1. The second-order valence-electron chi connectivity index (χ2n) is 5.77. The molecule has 0 bridgehead atoms. The summed E-state index contributed by atoms with van der Waals surface area (Å²) in [6.07, 6.45) is 1.90. The third-order valence-electron chi connectivity index (χ3n) is 3.59. The second-order valence-corrected chi connectivity index (χ2v) is 7.54. The quantitative estimate of drug-likeness (QED) is 0.628. The Bertz CT molecular complexity index is 537. The molecule has 0 fully saturated rings. The highest BCUT2D eigenvalue weighted by molar-refractivity contribution is 7.89. The third kappa shape index (κ3) is 7.33. The van der Waals surface area contributed by atoms with Gasteiger partial charge in [0.2, 0.25) is 10.0 Å². The van der Waals surface area contributed by atoms with Gasteiger partial charge in [0.25, 0.3) is 0 Å². The van der Waals surface area contributed by atoms with Crippen molar-refractivity contribution >= 4 is 10.0 Å². The van der Waals surface area contributed by atoms with Gasteiger partial charge in [0.05, 0.1) is 11.0 Å². The van der Waals surface area contributed by atoms with Crippen LogP contribution < -0.4 is 9.46 Å². The molecule has 0 aliphatic rings. The van der Waals surface area contributed by atoms with Crippen molar-refractivity contribution in [1.29, 1.82) is 0 Å². The van der Waals surface area contributed by atoms with Gasteiger partial charge in [0, 0.05) is 6.54 Å². The van der Waals surface area contributed by atoms with Crippen LogP contribution in [0.1, 0.15) is 40.5 Å². The molecule has 0 amide bonds. The SMILES string of the molecule is CCN(CC)CCCCNS(=O)(=O)c1ccc(OC(C)C)cc1. The highest BCUT2D eigenvalue weighted by atomic mass is 32.2. The van der Waals surface area contributed by atoms with E-state index in [1.54, 1.807) is 24.3 Å². The average molecular weight is 343 g/mol. The lowest BCUT2D eigenvalue weighted by Gasteiger charge is -2.17. The topological polar surface area (TPSA) is 58.6 Å². The first-order chi connectivity index (χ1) is 10.9. The number of unbranched alkanes of at least 4 members (excludes halogenated alkanes) is 1. The van der Waals surface area contributed by atoms with E-state index >= 15 is 0 Å². The third-order valence-corrected chi connectivity index (χ3v) is 5.07. The summed E-state index contributed by atoms with van der Waals surface area (Å²) < 4.78 is 32.6. The monoisotopic (exact) mass is 342 g/mol. The minimum atomic E-state index is -3.44. The number of sulfonamides is 1.